The molecule has 0 bridgehead atoms. The first kappa shape index (κ1) is 20.7. The van der Waals surface area contributed by atoms with Crippen molar-refractivity contribution in [1.82, 2.24) is 4.90 Å². The van der Waals surface area contributed by atoms with Gasteiger partial charge in [-0.3, -0.25) is 9.59 Å². The molecule has 4 nitrogen and oxygen atoms in total. The van der Waals surface area contributed by atoms with Gasteiger partial charge in [0, 0.05) is 17.8 Å². The minimum Gasteiger partial charge on any atom is -0.329 e. The molecule has 2 amide bonds. The molecule has 0 atom stereocenters. The summed E-state index contributed by atoms with van der Waals surface area (Å²) in [5.41, 5.74) is 3.66. The van der Waals surface area contributed by atoms with Gasteiger partial charge in [0.15, 0.2) is 0 Å². The maximum atomic E-state index is 12.9. The van der Waals surface area contributed by atoms with E-state index in [1.165, 1.54) is 5.56 Å². The van der Waals surface area contributed by atoms with Crippen LogP contribution in [0.3, 0.4) is 0 Å². The van der Waals surface area contributed by atoms with Crippen molar-refractivity contribution in [3.05, 3.63) is 65.2 Å². The number of para-hydroxylation sites is 1. The monoisotopic (exact) mass is 366 g/mol. The lowest BCUT2D eigenvalue weighted by atomic mass is 10.1. The number of benzene rings is 2. The van der Waals surface area contributed by atoms with Crippen LogP contribution in [0, 0.1) is 6.92 Å². The number of anilines is 1. The van der Waals surface area contributed by atoms with Crippen LogP contribution in [-0.2, 0) is 11.2 Å². The third-order valence-electron chi connectivity index (χ3n) is 4.55. The highest BCUT2D eigenvalue weighted by molar-refractivity contribution is 5.99. The van der Waals surface area contributed by atoms with Gasteiger partial charge in [-0.15, -0.1) is 0 Å². The lowest BCUT2D eigenvalue weighted by Gasteiger charge is -2.22. The van der Waals surface area contributed by atoms with Crippen LogP contribution in [0.5, 0.6) is 0 Å². The van der Waals surface area contributed by atoms with E-state index in [0.29, 0.717) is 12.1 Å². The van der Waals surface area contributed by atoms with E-state index in [1.54, 1.807) is 4.90 Å². The Bertz CT molecular complexity index is 753. The van der Waals surface area contributed by atoms with Gasteiger partial charge in [-0.25, -0.2) is 0 Å². The molecule has 0 spiro atoms. The molecule has 2 rings (SSSR count). The molecule has 0 unspecified atom stereocenters. The standard InChI is InChI=1S/C23H30N2O2/c1-4-6-10-19-12-14-20(15-13-19)23(27)25(16-5-2)17-22(26)24-21-11-8-7-9-18(21)3/h7-9,11-15H,4-6,10,16-17H2,1-3H3,(H,24,26). The highest BCUT2D eigenvalue weighted by atomic mass is 16.2. The Hall–Kier alpha value is -2.62. The Labute approximate surface area is 162 Å². The van der Waals surface area contributed by atoms with E-state index in [0.717, 1.165) is 36.9 Å². The van der Waals surface area contributed by atoms with Crippen molar-refractivity contribution in [2.75, 3.05) is 18.4 Å². The maximum Gasteiger partial charge on any atom is 0.254 e. The van der Waals surface area contributed by atoms with Gasteiger partial charge < -0.3 is 10.2 Å². The van der Waals surface area contributed by atoms with Crippen molar-refractivity contribution in [3.63, 3.8) is 0 Å². The molecule has 2 aromatic rings. The van der Waals surface area contributed by atoms with Gasteiger partial charge in [0.25, 0.3) is 5.91 Å². The molecule has 1 N–H and O–H groups in total. The molecular formula is C23H30N2O2. The predicted octanol–water partition coefficient (Wildman–Crippen LogP) is 4.83. The minimum absolute atomic E-state index is 0.0542. The average molecular weight is 367 g/mol. The zero-order valence-corrected chi connectivity index (χ0v) is 16.6. The Kier molecular flexibility index (Phi) is 8.05. The summed E-state index contributed by atoms with van der Waals surface area (Å²) < 4.78 is 0. The Morgan fingerprint density at radius 3 is 2.30 bits per heavy atom. The summed E-state index contributed by atoms with van der Waals surface area (Å²) in [6.45, 7) is 6.73. The summed E-state index contributed by atoms with van der Waals surface area (Å²) in [7, 11) is 0. The first-order chi connectivity index (χ1) is 13.0. The molecule has 0 aromatic heterocycles. The number of rotatable bonds is 9. The van der Waals surface area contributed by atoms with E-state index in [-0.39, 0.29) is 18.4 Å². The van der Waals surface area contributed by atoms with Crippen LogP contribution in [0.4, 0.5) is 5.69 Å². The topological polar surface area (TPSA) is 49.4 Å². The first-order valence-electron chi connectivity index (χ1n) is 9.78. The van der Waals surface area contributed by atoms with Crippen LogP contribution in [-0.4, -0.2) is 29.8 Å². The molecule has 0 aliphatic rings. The first-order valence-corrected chi connectivity index (χ1v) is 9.78. The SMILES string of the molecule is CCCCc1ccc(C(=O)N(CCC)CC(=O)Nc2ccccc2C)cc1. The minimum atomic E-state index is -0.175. The Morgan fingerprint density at radius 1 is 0.963 bits per heavy atom. The van der Waals surface area contributed by atoms with Crippen LogP contribution in [0.25, 0.3) is 0 Å². The lowest BCUT2D eigenvalue weighted by molar-refractivity contribution is -0.116. The van der Waals surface area contributed by atoms with Crippen LogP contribution in [0.15, 0.2) is 48.5 Å². The third-order valence-corrected chi connectivity index (χ3v) is 4.55. The molecule has 0 aliphatic heterocycles. The molecule has 0 saturated heterocycles. The molecule has 0 saturated carbocycles. The van der Waals surface area contributed by atoms with Crippen LogP contribution in [0.1, 0.15) is 54.6 Å². The number of carbonyl (C=O) groups is 2. The largest absolute Gasteiger partial charge is 0.329 e. The maximum absolute atomic E-state index is 12.9. The number of carbonyl (C=O) groups excluding carboxylic acids is 2. The fraction of sp³-hybridized carbons (Fsp3) is 0.391. The molecule has 0 aliphatic carbocycles. The average Bonchev–Trinajstić information content (AvgIpc) is 2.67. The number of amides is 2. The van der Waals surface area contributed by atoms with E-state index < -0.39 is 0 Å². The molecule has 0 heterocycles. The van der Waals surface area contributed by atoms with Crippen molar-refractivity contribution in [3.8, 4) is 0 Å². The zero-order valence-electron chi connectivity index (χ0n) is 16.6. The number of nitrogens with zero attached hydrogens (tertiary/aromatic N) is 1. The number of aryl methyl sites for hydroxylation is 2. The van der Waals surface area contributed by atoms with E-state index in [1.807, 2.05) is 62.4 Å². The van der Waals surface area contributed by atoms with Crippen molar-refractivity contribution >= 4 is 17.5 Å². The second-order valence-corrected chi connectivity index (χ2v) is 6.89. The summed E-state index contributed by atoms with van der Waals surface area (Å²) in [4.78, 5) is 26.9. The molecule has 144 valence electrons. The summed E-state index contributed by atoms with van der Waals surface area (Å²) in [5, 5.41) is 2.90. The highest BCUT2D eigenvalue weighted by Crippen LogP contribution is 2.14. The van der Waals surface area contributed by atoms with Crippen LogP contribution < -0.4 is 5.32 Å². The van der Waals surface area contributed by atoms with Crippen molar-refractivity contribution in [1.29, 1.82) is 0 Å². The molecule has 4 heteroatoms. The molecule has 0 radical (unpaired) electrons. The van der Waals surface area contributed by atoms with Gasteiger partial charge in [0.05, 0.1) is 0 Å². The summed E-state index contributed by atoms with van der Waals surface area (Å²) >= 11 is 0. The van der Waals surface area contributed by atoms with E-state index in [4.69, 9.17) is 0 Å². The molecular weight excluding hydrogens is 336 g/mol. The van der Waals surface area contributed by atoms with Crippen LogP contribution >= 0.6 is 0 Å². The predicted molar refractivity (Wildman–Crippen MR) is 111 cm³/mol. The van der Waals surface area contributed by atoms with Gasteiger partial charge in [-0.05, 0) is 55.5 Å². The van der Waals surface area contributed by atoms with E-state index in [9.17, 15) is 9.59 Å². The third kappa shape index (κ3) is 6.24. The van der Waals surface area contributed by atoms with Gasteiger partial charge in [0.2, 0.25) is 5.91 Å². The van der Waals surface area contributed by atoms with E-state index >= 15 is 0 Å². The molecule has 2 aromatic carbocycles. The molecule has 27 heavy (non-hydrogen) atoms. The Morgan fingerprint density at radius 2 is 1.67 bits per heavy atom. The number of hydrogen-bond donors (Lipinski definition) is 1. The second-order valence-electron chi connectivity index (χ2n) is 6.89. The normalized spacial score (nSPS) is 10.5. The number of hydrogen-bond acceptors (Lipinski definition) is 2. The fourth-order valence-electron chi connectivity index (χ4n) is 2.98. The van der Waals surface area contributed by atoms with Crippen LogP contribution in [0.2, 0.25) is 0 Å². The summed E-state index contributed by atoms with van der Waals surface area (Å²) in [6, 6.07) is 15.4. The number of unbranched alkanes of at least 4 members (excludes halogenated alkanes) is 1. The molecule has 0 fully saturated rings. The van der Waals surface area contributed by atoms with E-state index in [2.05, 4.69) is 12.2 Å². The van der Waals surface area contributed by atoms with Crippen molar-refractivity contribution in [2.45, 2.75) is 46.5 Å². The van der Waals surface area contributed by atoms with Gasteiger partial charge in [0.1, 0.15) is 6.54 Å². The van der Waals surface area contributed by atoms with Crippen molar-refractivity contribution < 1.29 is 9.59 Å². The lowest BCUT2D eigenvalue weighted by Crippen LogP contribution is -2.38. The van der Waals surface area contributed by atoms with Gasteiger partial charge in [-0.2, -0.15) is 0 Å². The van der Waals surface area contributed by atoms with Gasteiger partial charge in [-0.1, -0.05) is 50.6 Å². The van der Waals surface area contributed by atoms with Gasteiger partial charge >= 0.3 is 0 Å². The Balaban J connectivity index is 2.03. The quantitative estimate of drug-likeness (QED) is 0.691. The number of nitrogens with one attached hydrogen (secondary N) is 1. The highest BCUT2D eigenvalue weighted by Gasteiger charge is 2.18. The van der Waals surface area contributed by atoms with Crippen molar-refractivity contribution in [2.24, 2.45) is 0 Å². The zero-order chi connectivity index (χ0) is 19.6. The fourth-order valence-corrected chi connectivity index (χ4v) is 2.98. The second kappa shape index (κ2) is 10.5. The summed E-state index contributed by atoms with van der Waals surface area (Å²) in [6.07, 6.45) is 4.13. The smallest absolute Gasteiger partial charge is 0.254 e. The summed E-state index contributed by atoms with van der Waals surface area (Å²) in [5.74, 6) is -0.274.